The maximum atomic E-state index is 11.9. The Bertz CT molecular complexity index is 891. The minimum atomic E-state index is -0.374. The van der Waals surface area contributed by atoms with E-state index in [1.165, 1.54) is 25.3 Å². The van der Waals surface area contributed by atoms with Crippen LogP contribution in [0, 0.1) is 6.92 Å². The molecule has 5 heteroatoms. The van der Waals surface area contributed by atoms with Crippen LogP contribution in [0.4, 0.5) is 0 Å². The van der Waals surface area contributed by atoms with E-state index in [0.29, 0.717) is 16.9 Å². The Hall–Kier alpha value is -3.47. The van der Waals surface area contributed by atoms with Crippen molar-refractivity contribution in [2.75, 3.05) is 7.11 Å². The van der Waals surface area contributed by atoms with Crippen LogP contribution in [0.2, 0.25) is 0 Å². The minimum absolute atomic E-state index is 0.0224. The van der Waals surface area contributed by atoms with Crippen molar-refractivity contribution >= 4 is 17.9 Å². The third-order valence-corrected chi connectivity index (χ3v) is 3.60. The number of carbonyl (C=O) groups excluding carboxylic acids is 1. The van der Waals surface area contributed by atoms with Gasteiger partial charge in [0.05, 0.1) is 7.11 Å². The molecule has 0 aliphatic heterocycles. The lowest BCUT2D eigenvalue weighted by molar-refractivity contribution is -0.110. The highest BCUT2D eigenvalue weighted by atomic mass is 16.5. The van der Waals surface area contributed by atoms with Crippen LogP contribution >= 0.6 is 0 Å². The summed E-state index contributed by atoms with van der Waals surface area (Å²) in [6, 6.07) is 9.73. The SMILES string of the molecule is COc1cc(/C=C/C(O)=C/C(=O)/C=C/c2ccc(O)c(C)c2)ccc1O. The molecule has 0 amide bonds. The Kier molecular flexibility index (Phi) is 6.22. The van der Waals surface area contributed by atoms with Gasteiger partial charge in [0, 0.05) is 6.08 Å². The van der Waals surface area contributed by atoms with Crippen molar-refractivity contribution in [1.29, 1.82) is 0 Å². The zero-order valence-corrected chi connectivity index (χ0v) is 14.5. The Morgan fingerprint density at radius 2 is 1.58 bits per heavy atom. The van der Waals surface area contributed by atoms with E-state index in [9.17, 15) is 20.1 Å². The molecule has 0 fully saturated rings. The summed E-state index contributed by atoms with van der Waals surface area (Å²) in [5.41, 5.74) is 2.18. The number of ketones is 1. The summed E-state index contributed by atoms with van der Waals surface area (Å²) in [5.74, 6) is -0.0372. The van der Waals surface area contributed by atoms with E-state index in [4.69, 9.17) is 4.74 Å². The number of rotatable bonds is 6. The van der Waals surface area contributed by atoms with Gasteiger partial charge in [-0.15, -0.1) is 0 Å². The Labute approximate surface area is 151 Å². The third kappa shape index (κ3) is 5.27. The maximum absolute atomic E-state index is 11.9. The third-order valence-electron chi connectivity index (χ3n) is 3.60. The second-order valence-corrected chi connectivity index (χ2v) is 5.62. The second-order valence-electron chi connectivity index (χ2n) is 5.62. The summed E-state index contributed by atoms with van der Waals surface area (Å²) in [4.78, 5) is 11.9. The molecule has 0 atom stereocenters. The molecule has 0 saturated carbocycles. The summed E-state index contributed by atoms with van der Waals surface area (Å²) in [6.07, 6.45) is 7.00. The summed E-state index contributed by atoms with van der Waals surface area (Å²) in [7, 11) is 1.44. The van der Waals surface area contributed by atoms with Gasteiger partial charge in [0.25, 0.3) is 0 Å². The first-order valence-electron chi connectivity index (χ1n) is 7.86. The molecule has 0 bridgehead atoms. The molecule has 26 heavy (non-hydrogen) atoms. The smallest absolute Gasteiger partial charge is 0.182 e. The molecule has 0 saturated heterocycles. The molecule has 3 N–H and O–H groups in total. The molecular weight excluding hydrogens is 332 g/mol. The summed E-state index contributed by atoms with van der Waals surface area (Å²) in [5, 5.41) is 28.9. The van der Waals surface area contributed by atoms with Crippen LogP contribution in [0.25, 0.3) is 12.2 Å². The fourth-order valence-electron chi connectivity index (χ4n) is 2.18. The fourth-order valence-corrected chi connectivity index (χ4v) is 2.18. The van der Waals surface area contributed by atoms with Gasteiger partial charge in [-0.25, -0.2) is 0 Å². The predicted octanol–water partition coefficient (Wildman–Crippen LogP) is 4.15. The highest BCUT2D eigenvalue weighted by molar-refractivity contribution is 6.02. The van der Waals surface area contributed by atoms with Crippen LogP contribution in [0.1, 0.15) is 16.7 Å². The number of carbonyl (C=O) groups is 1. The molecule has 134 valence electrons. The average molecular weight is 352 g/mol. The topological polar surface area (TPSA) is 87.0 Å². The van der Waals surface area contributed by atoms with Crippen molar-refractivity contribution in [1.82, 2.24) is 0 Å². The van der Waals surface area contributed by atoms with Crippen molar-refractivity contribution in [3.63, 3.8) is 0 Å². The molecule has 0 aliphatic carbocycles. The Morgan fingerprint density at radius 3 is 2.23 bits per heavy atom. The van der Waals surface area contributed by atoms with Crippen LogP contribution in [0.3, 0.4) is 0 Å². The molecule has 0 radical (unpaired) electrons. The van der Waals surface area contributed by atoms with Crippen LogP contribution in [0.15, 0.2) is 60.4 Å². The number of aliphatic hydroxyl groups is 1. The van der Waals surface area contributed by atoms with E-state index in [1.54, 1.807) is 49.4 Å². The maximum Gasteiger partial charge on any atom is 0.182 e. The summed E-state index contributed by atoms with van der Waals surface area (Å²) in [6.45, 7) is 1.77. The standard InChI is InChI=1S/C21H20O5/c1-14-11-15(5-9-19(14)24)3-7-17(22)13-18(23)8-4-16-6-10-20(25)21(12-16)26-2/h3-13,23-25H,1-2H3/b7-3+,8-4+,18-13-. The van der Waals surface area contributed by atoms with E-state index < -0.39 is 0 Å². The number of allylic oxidation sites excluding steroid dienone is 3. The number of ether oxygens (including phenoxy) is 1. The van der Waals surface area contributed by atoms with Crippen molar-refractivity contribution in [3.05, 3.63) is 77.1 Å². The molecule has 2 aromatic rings. The van der Waals surface area contributed by atoms with Gasteiger partial charge in [0.15, 0.2) is 17.3 Å². The number of aromatic hydroxyl groups is 2. The van der Waals surface area contributed by atoms with Gasteiger partial charge in [-0.1, -0.05) is 24.3 Å². The molecule has 0 aromatic heterocycles. The minimum Gasteiger partial charge on any atom is -0.508 e. The number of hydrogen-bond donors (Lipinski definition) is 3. The van der Waals surface area contributed by atoms with Crippen molar-refractivity contribution < 1.29 is 24.9 Å². The number of aliphatic hydroxyl groups excluding tert-OH is 1. The summed E-state index contributed by atoms with van der Waals surface area (Å²) >= 11 is 0. The molecular formula is C21H20O5. The van der Waals surface area contributed by atoms with Gasteiger partial charge >= 0.3 is 0 Å². The van der Waals surface area contributed by atoms with E-state index in [1.807, 2.05) is 0 Å². The Balaban J connectivity index is 2.04. The van der Waals surface area contributed by atoms with Gasteiger partial charge in [-0.3, -0.25) is 4.79 Å². The van der Waals surface area contributed by atoms with Crippen LogP contribution in [-0.4, -0.2) is 28.2 Å². The van der Waals surface area contributed by atoms with Crippen molar-refractivity contribution in [3.8, 4) is 17.2 Å². The quantitative estimate of drug-likeness (QED) is 0.413. The van der Waals surface area contributed by atoms with Crippen molar-refractivity contribution in [2.45, 2.75) is 6.92 Å². The van der Waals surface area contributed by atoms with Gasteiger partial charge in [0.2, 0.25) is 0 Å². The molecule has 5 nitrogen and oxygen atoms in total. The first-order valence-corrected chi connectivity index (χ1v) is 7.86. The Morgan fingerprint density at radius 1 is 0.962 bits per heavy atom. The molecule has 0 spiro atoms. The number of methoxy groups -OCH3 is 1. The first-order chi connectivity index (χ1) is 12.4. The van der Waals surface area contributed by atoms with Gasteiger partial charge in [-0.2, -0.15) is 0 Å². The lowest BCUT2D eigenvalue weighted by Gasteiger charge is -2.03. The number of hydrogen-bond acceptors (Lipinski definition) is 5. The average Bonchev–Trinajstić information content (AvgIpc) is 2.62. The molecule has 0 unspecified atom stereocenters. The van der Waals surface area contributed by atoms with E-state index in [-0.39, 0.29) is 23.0 Å². The normalized spacial score (nSPS) is 12.0. The molecule has 0 heterocycles. The van der Waals surface area contributed by atoms with Gasteiger partial charge in [-0.05, 0) is 60.0 Å². The monoisotopic (exact) mass is 352 g/mol. The second kappa shape index (κ2) is 8.58. The van der Waals surface area contributed by atoms with E-state index in [2.05, 4.69) is 0 Å². The number of benzene rings is 2. The van der Waals surface area contributed by atoms with Crippen molar-refractivity contribution in [2.24, 2.45) is 0 Å². The fraction of sp³-hybridized carbons (Fsp3) is 0.0952. The number of phenols is 2. The van der Waals surface area contributed by atoms with Gasteiger partial charge < -0.3 is 20.1 Å². The zero-order chi connectivity index (χ0) is 19.1. The van der Waals surface area contributed by atoms with E-state index in [0.717, 1.165) is 11.6 Å². The number of aryl methyl sites for hydroxylation is 1. The molecule has 0 aliphatic rings. The van der Waals surface area contributed by atoms with E-state index >= 15 is 0 Å². The number of phenolic OH excluding ortho intramolecular Hbond substituents is 2. The highest BCUT2D eigenvalue weighted by Gasteiger charge is 2.01. The highest BCUT2D eigenvalue weighted by Crippen LogP contribution is 2.26. The predicted molar refractivity (Wildman–Crippen MR) is 101 cm³/mol. The first kappa shape index (κ1) is 18.9. The largest absolute Gasteiger partial charge is 0.508 e. The van der Waals surface area contributed by atoms with Crippen LogP contribution in [0.5, 0.6) is 17.2 Å². The lowest BCUT2D eigenvalue weighted by Crippen LogP contribution is -1.89. The van der Waals surface area contributed by atoms with Crippen LogP contribution in [-0.2, 0) is 4.79 Å². The molecule has 2 rings (SSSR count). The summed E-state index contributed by atoms with van der Waals surface area (Å²) < 4.78 is 5.01. The van der Waals surface area contributed by atoms with Gasteiger partial charge in [0.1, 0.15) is 11.5 Å². The lowest BCUT2D eigenvalue weighted by atomic mass is 10.1. The van der Waals surface area contributed by atoms with Crippen LogP contribution < -0.4 is 4.74 Å². The molecule has 2 aromatic carbocycles. The zero-order valence-electron chi connectivity index (χ0n) is 14.5.